The maximum absolute atomic E-state index is 12.7. The number of ether oxygens (including phenoxy) is 1. The van der Waals surface area contributed by atoms with Crippen LogP contribution in [0.15, 0.2) is 23.1 Å². The summed E-state index contributed by atoms with van der Waals surface area (Å²) in [6.45, 7) is 1.81. The summed E-state index contributed by atoms with van der Waals surface area (Å²) in [6.07, 6.45) is 3.17. The van der Waals surface area contributed by atoms with E-state index >= 15 is 0 Å². The highest BCUT2D eigenvalue weighted by Gasteiger charge is 2.33. The average Bonchev–Trinajstić information content (AvgIpc) is 2.41. The van der Waals surface area contributed by atoms with Gasteiger partial charge in [0, 0.05) is 12.8 Å². The lowest BCUT2D eigenvalue weighted by molar-refractivity contribution is 0.0720. The molecule has 1 aliphatic carbocycles. The van der Waals surface area contributed by atoms with Crippen LogP contribution in [-0.2, 0) is 14.6 Å². The zero-order valence-corrected chi connectivity index (χ0v) is 12.2. The number of rotatable bonds is 3. The van der Waals surface area contributed by atoms with Crippen molar-refractivity contribution in [2.75, 3.05) is 12.8 Å². The summed E-state index contributed by atoms with van der Waals surface area (Å²) in [5, 5.41) is -0.355. The number of anilines is 1. The Labute approximate surface area is 114 Å². The quantitative estimate of drug-likeness (QED) is 0.864. The zero-order chi connectivity index (χ0) is 14.0. The Bertz CT molecular complexity index is 554. The smallest absolute Gasteiger partial charge is 0.181 e. The Balaban J connectivity index is 2.34. The van der Waals surface area contributed by atoms with Crippen LogP contribution in [0.4, 0.5) is 5.69 Å². The van der Waals surface area contributed by atoms with Gasteiger partial charge in [0.05, 0.1) is 16.2 Å². The van der Waals surface area contributed by atoms with E-state index in [0.717, 1.165) is 18.4 Å². The van der Waals surface area contributed by atoms with E-state index in [1.165, 1.54) is 0 Å². The summed E-state index contributed by atoms with van der Waals surface area (Å²) in [5.74, 6) is 0. The van der Waals surface area contributed by atoms with Crippen molar-refractivity contribution in [3.05, 3.63) is 23.8 Å². The molecule has 0 heterocycles. The molecule has 19 heavy (non-hydrogen) atoms. The van der Waals surface area contributed by atoms with Crippen LogP contribution in [0.5, 0.6) is 0 Å². The van der Waals surface area contributed by atoms with Crippen LogP contribution in [0.25, 0.3) is 0 Å². The van der Waals surface area contributed by atoms with Crippen LogP contribution >= 0.6 is 0 Å². The molecule has 0 amide bonds. The van der Waals surface area contributed by atoms with E-state index in [2.05, 4.69) is 0 Å². The fourth-order valence-corrected chi connectivity index (χ4v) is 4.82. The Morgan fingerprint density at radius 2 is 2.05 bits per heavy atom. The molecular weight excluding hydrogens is 262 g/mol. The SMILES string of the molecule is COC1CCCC(S(=O)(=O)c2cc(N)ccc2C)C1. The van der Waals surface area contributed by atoms with E-state index < -0.39 is 9.84 Å². The molecule has 4 nitrogen and oxygen atoms in total. The van der Waals surface area contributed by atoms with Gasteiger partial charge in [-0.3, -0.25) is 0 Å². The first kappa shape index (κ1) is 14.3. The number of sulfone groups is 1. The lowest BCUT2D eigenvalue weighted by Gasteiger charge is -2.28. The van der Waals surface area contributed by atoms with Crippen molar-refractivity contribution >= 4 is 15.5 Å². The van der Waals surface area contributed by atoms with Gasteiger partial charge in [0.25, 0.3) is 0 Å². The van der Waals surface area contributed by atoms with Gasteiger partial charge < -0.3 is 10.5 Å². The third-order valence-corrected chi connectivity index (χ3v) is 6.23. The lowest BCUT2D eigenvalue weighted by Crippen LogP contribution is -2.32. The van der Waals surface area contributed by atoms with Crippen LogP contribution in [0.2, 0.25) is 0 Å². The summed E-state index contributed by atoms with van der Waals surface area (Å²) in [6, 6.07) is 5.06. The monoisotopic (exact) mass is 283 g/mol. The molecule has 1 fully saturated rings. The summed E-state index contributed by atoms with van der Waals surface area (Å²) >= 11 is 0. The maximum Gasteiger partial charge on any atom is 0.181 e. The second-order valence-electron chi connectivity index (χ2n) is 5.22. The lowest BCUT2D eigenvalue weighted by atomic mass is 9.97. The first-order valence-electron chi connectivity index (χ1n) is 6.58. The Morgan fingerprint density at radius 3 is 2.74 bits per heavy atom. The van der Waals surface area contributed by atoms with Crippen LogP contribution in [0.3, 0.4) is 0 Å². The minimum Gasteiger partial charge on any atom is -0.399 e. The molecule has 2 unspecified atom stereocenters. The minimum atomic E-state index is -3.32. The molecule has 0 aliphatic heterocycles. The Hall–Kier alpha value is -1.07. The minimum absolute atomic E-state index is 0.0508. The van der Waals surface area contributed by atoms with Crippen molar-refractivity contribution in [2.45, 2.75) is 48.9 Å². The molecule has 1 aromatic carbocycles. The molecule has 2 rings (SSSR count). The van der Waals surface area contributed by atoms with Crippen LogP contribution in [0, 0.1) is 6.92 Å². The van der Waals surface area contributed by atoms with Gasteiger partial charge in [0.1, 0.15) is 0 Å². The molecule has 1 aromatic rings. The van der Waals surface area contributed by atoms with E-state index in [1.54, 1.807) is 25.3 Å². The van der Waals surface area contributed by atoms with Gasteiger partial charge in [-0.15, -0.1) is 0 Å². The summed E-state index contributed by atoms with van der Waals surface area (Å²) in [7, 11) is -1.67. The summed E-state index contributed by atoms with van der Waals surface area (Å²) in [5.41, 5.74) is 6.97. The topological polar surface area (TPSA) is 69.4 Å². The summed E-state index contributed by atoms with van der Waals surface area (Å²) in [4.78, 5) is 0.370. The first-order chi connectivity index (χ1) is 8.95. The highest BCUT2D eigenvalue weighted by molar-refractivity contribution is 7.92. The predicted molar refractivity (Wildman–Crippen MR) is 75.8 cm³/mol. The van der Waals surface area contributed by atoms with Gasteiger partial charge in [0.2, 0.25) is 0 Å². The third-order valence-electron chi connectivity index (χ3n) is 3.87. The molecule has 1 saturated carbocycles. The standard InChI is InChI=1S/C14H21NO3S/c1-10-6-7-11(15)8-14(10)19(16,17)13-5-3-4-12(9-13)18-2/h6-8,12-13H,3-5,9,15H2,1-2H3. The van der Waals surface area contributed by atoms with Crippen molar-refractivity contribution in [1.82, 2.24) is 0 Å². The number of methoxy groups -OCH3 is 1. The van der Waals surface area contributed by atoms with Crippen molar-refractivity contribution in [3.63, 3.8) is 0 Å². The predicted octanol–water partition coefficient (Wildman–Crippen LogP) is 2.31. The Kier molecular flexibility index (Phi) is 4.16. The van der Waals surface area contributed by atoms with E-state index in [4.69, 9.17) is 10.5 Å². The fraction of sp³-hybridized carbons (Fsp3) is 0.571. The van der Waals surface area contributed by atoms with E-state index in [-0.39, 0.29) is 11.4 Å². The molecule has 0 spiro atoms. The molecule has 0 saturated heterocycles. The van der Waals surface area contributed by atoms with E-state index in [9.17, 15) is 8.42 Å². The maximum atomic E-state index is 12.7. The Morgan fingerprint density at radius 1 is 1.32 bits per heavy atom. The van der Waals surface area contributed by atoms with Gasteiger partial charge >= 0.3 is 0 Å². The highest BCUT2D eigenvalue weighted by Crippen LogP contribution is 2.32. The summed E-state index contributed by atoms with van der Waals surface area (Å²) < 4.78 is 30.7. The van der Waals surface area contributed by atoms with Crippen molar-refractivity contribution in [3.8, 4) is 0 Å². The molecule has 2 atom stereocenters. The van der Waals surface area contributed by atoms with Gasteiger partial charge in [-0.1, -0.05) is 6.07 Å². The van der Waals surface area contributed by atoms with Crippen LogP contribution in [0.1, 0.15) is 31.2 Å². The molecular formula is C14H21NO3S. The van der Waals surface area contributed by atoms with E-state index in [1.807, 2.05) is 6.92 Å². The average molecular weight is 283 g/mol. The van der Waals surface area contributed by atoms with Gasteiger partial charge in [0.15, 0.2) is 9.84 Å². The number of hydrogen-bond donors (Lipinski definition) is 1. The molecule has 0 bridgehead atoms. The molecule has 0 aromatic heterocycles. The number of nitrogens with two attached hydrogens (primary N) is 1. The number of nitrogen functional groups attached to an aromatic ring is 1. The molecule has 2 N–H and O–H groups in total. The van der Waals surface area contributed by atoms with E-state index in [0.29, 0.717) is 23.4 Å². The molecule has 1 aliphatic rings. The van der Waals surface area contributed by atoms with Crippen molar-refractivity contribution < 1.29 is 13.2 Å². The normalized spacial score (nSPS) is 24.3. The zero-order valence-electron chi connectivity index (χ0n) is 11.4. The second-order valence-corrected chi connectivity index (χ2v) is 7.41. The van der Waals surface area contributed by atoms with Crippen LogP contribution in [-0.4, -0.2) is 26.9 Å². The van der Waals surface area contributed by atoms with Crippen LogP contribution < -0.4 is 5.73 Å². The largest absolute Gasteiger partial charge is 0.399 e. The number of hydrogen-bond acceptors (Lipinski definition) is 4. The number of benzene rings is 1. The number of aryl methyl sites for hydroxylation is 1. The van der Waals surface area contributed by atoms with Crippen molar-refractivity contribution in [1.29, 1.82) is 0 Å². The second kappa shape index (κ2) is 5.51. The first-order valence-corrected chi connectivity index (χ1v) is 8.12. The molecule has 106 valence electrons. The van der Waals surface area contributed by atoms with Crippen molar-refractivity contribution in [2.24, 2.45) is 0 Å². The van der Waals surface area contributed by atoms with Gasteiger partial charge in [-0.05, 0) is 50.3 Å². The highest BCUT2D eigenvalue weighted by atomic mass is 32.2. The molecule has 0 radical (unpaired) electrons. The third kappa shape index (κ3) is 2.92. The van der Waals surface area contributed by atoms with Gasteiger partial charge in [-0.25, -0.2) is 8.42 Å². The molecule has 5 heteroatoms. The fourth-order valence-electron chi connectivity index (χ4n) is 2.70. The van der Waals surface area contributed by atoms with Gasteiger partial charge in [-0.2, -0.15) is 0 Å².